The number of nitrogens with two attached hydrogens (primary N) is 1. The van der Waals surface area contributed by atoms with Gasteiger partial charge in [0.2, 0.25) is 11.6 Å². The van der Waals surface area contributed by atoms with Gasteiger partial charge in [-0.05, 0) is 37.6 Å². The van der Waals surface area contributed by atoms with E-state index in [1.807, 2.05) is 85.2 Å². The molecule has 9 heteroatoms. The Morgan fingerprint density at radius 1 is 1.12 bits per heavy atom. The van der Waals surface area contributed by atoms with Gasteiger partial charge in [0, 0.05) is 6.20 Å². The minimum atomic E-state index is -1.06. The fraction of sp³-hybridized carbons (Fsp3) is 0.240. The number of hydrogen-bond acceptors (Lipinski definition) is 6. The molecule has 0 aliphatic heterocycles. The summed E-state index contributed by atoms with van der Waals surface area (Å²) in [6, 6.07) is 20.7. The van der Waals surface area contributed by atoms with E-state index in [1.54, 1.807) is 13.8 Å². The second-order valence-corrected chi connectivity index (χ2v) is 8.80. The van der Waals surface area contributed by atoms with E-state index < -0.39 is 11.6 Å². The summed E-state index contributed by atoms with van der Waals surface area (Å²) < 4.78 is 13.9. The lowest BCUT2D eigenvalue weighted by Crippen LogP contribution is -2.51. The summed E-state index contributed by atoms with van der Waals surface area (Å²) in [5, 5.41) is 11.7. The van der Waals surface area contributed by atoms with Gasteiger partial charge >= 0.3 is 0 Å². The summed E-state index contributed by atoms with van der Waals surface area (Å²) in [4.78, 5) is 12.7. The average molecular weight is 457 g/mol. The largest absolute Gasteiger partial charge is 0.453 e. The summed E-state index contributed by atoms with van der Waals surface area (Å²) in [5.74, 6) is 1.48. The molecule has 0 bridgehead atoms. The molecule has 0 spiro atoms. The van der Waals surface area contributed by atoms with Gasteiger partial charge < -0.3 is 20.5 Å². The van der Waals surface area contributed by atoms with Crippen molar-refractivity contribution in [2.45, 2.75) is 32.0 Å². The standard InChI is InChI=1S/C25H28BN5O3/c1-25(2,27)24(32)28-20(16-33-15-17-9-5-3-6-10-17)22-29-30-23-21(13-18(26)14-31(22)23)34-19-11-7-4-8-12-19/h3-14,20H,15-16,26-27H2,1-2H3,(H,28,32)/t20-/m1/s1. The maximum absolute atomic E-state index is 12.7. The third kappa shape index (κ3) is 5.62. The topological polar surface area (TPSA) is 104 Å². The van der Waals surface area contributed by atoms with Gasteiger partial charge in [-0.1, -0.05) is 54.0 Å². The number of carbonyl (C=O) groups excluding carboxylic acids is 1. The number of nitrogens with zero attached hydrogens (tertiary/aromatic N) is 3. The van der Waals surface area contributed by atoms with Crippen LogP contribution in [-0.4, -0.2) is 40.5 Å². The molecule has 2 aromatic heterocycles. The number of fused-ring (bicyclic) bond motifs is 1. The van der Waals surface area contributed by atoms with E-state index in [9.17, 15) is 4.79 Å². The van der Waals surface area contributed by atoms with Crippen molar-refractivity contribution in [3.05, 3.63) is 84.3 Å². The minimum absolute atomic E-state index is 0.195. The van der Waals surface area contributed by atoms with Crippen molar-refractivity contribution >= 4 is 24.9 Å². The van der Waals surface area contributed by atoms with Gasteiger partial charge in [0.15, 0.2) is 11.6 Å². The van der Waals surface area contributed by atoms with Crippen LogP contribution in [0.1, 0.15) is 31.3 Å². The molecule has 8 nitrogen and oxygen atoms in total. The second kappa shape index (κ2) is 10.1. The first-order valence-electron chi connectivity index (χ1n) is 11.1. The van der Waals surface area contributed by atoms with Crippen molar-refractivity contribution in [3.8, 4) is 11.5 Å². The number of nitrogens with one attached hydrogen (secondary N) is 1. The predicted molar refractivity (Wildman–Crippen MR) is 133 cm³/mol. The number of benzene rings is 2. The predicted octanol–water partition coefficient (Wildman–Crippen LogP) is 1.89. The number of hydrogen-bond donors (Lipinski definition) is 2. The highest BCUT2D eigenvalue weighted by atomic mass is 16.5. The number of amides is 1. The minimum Gasteiger partial charge on any atom is -0.453 e. The van der Waals surface area contributed by atoms with Gasteiger partial charge in [0.05, 0.1) is 18.8 Å². The highest BCUT2D eigenvalue weighted by Crippen LogP contribution is 2.26. The SMILES string of the molecule is Bc1cc(Oc2ccccc2)c2nnc([C@@H](COCc3ccccc3)NC(=O)C(C)(C)N)n2c1. The molecule has 0 saturated heterocycles. The van der Waals surface area contributed by atoms with Crippen LogP contribution in [0.5, 0.6) is 11.5 Å². The van der Waals surface area contributed by atoms with Gasteiger partial charge in [0.1, 0.15) is 19.6 Å². The third-order valence-electron chi connectivity index (χ3n) is 5.20. The number of para-hydroxylation sites is 1. The zero-order valence-corrected chi connectivity index (χ0v) is 19.6. The fourth-order valence-corrected chi connectivity index (χ4v) is 3.43. The highest BCUT2D eigenvalue weighted by Gasteiger charge is 2.28. The molecule has 4 aromatic rings. The van der Waals surface area contributed by atoms with Gasteiger partial charge in [-0.25, -0.2) is 0 Å². The molecule has 0 fully saturated rings. The van der Waals surface area contributed by atoms with Gasteiger partial charge in [-0.3, -0.25) is 9.20 Å². The van der Waals surface area contributed by atoms with Gasteiger partial charge in [-0.2, -0.15) is 0 Å². The Bertz CT molecular complexity index is 1260. The van der Waals surface area contributed by atoms with Crippen LogP contribution >= 0.6 is 0 Å². The molecule has 1 amide bonds. The van der Waals surface area contributed by atoms with Crippen molar-refractivity contribution < 1.29 is 14.3 Å². The van der Waals surface area contributed by atoms with Crippen molar-refractivity contribution in [1.82, 2.24) is 19.9 Å². The molecule has 0 aliphatic rings. The maximum atomic E-state index is 12.7. The van der Waals surface area contributed by atoms with Crippen LogP contribution in [0.2, 0.25) is 0 Å². The van der Waals surface area contributed by atoms with Gasteiger partial charge in [-0.15, -0.1) is 10.2 Å². The number of rotatable bonds is 9. The second-order valence-electron chi connectivity index (χ2n) is 8.80. The Kier molecular flexibility index (Phi) is 6.95. The van der Waals surface area contributed by atoms with Crippen LogP contribution in [0.25, 0.3) is 5.65 Å². The fourth-order valence-electron chi connectivity index (χ4n) is 3.43. The molecule has 0 radical (unpaired) electrons. The van der Waals surface area contributed by atoms with Crippen LogP contribution in [0.3, 0.4) is 0 Å². The molecule has 174 valence electrons. The quantitative estimate of drug-likeness (QED) is 0.372. The number of carbonyl (C=O) groups is 1. The summed E-state index contributed by atoms with van der Waals surface area (Å²) in [5.41, 5.74) is 7.50. The van der Waals surface area contributed by atoms with Crippen LogP contribution in [-0.2, 0) is 16.1 Å². The monoisotopic (exact) mass is 457 g/mol. The van der Waals surface area contributed by atoms with E-state index in [0.717, 1.165) is 11.0 Å². The Hall–Kier alpha value is -3.69. The van der Waals surface area contributed by atoms with E-state index in [-0.39, 0.29) is 12.5 Å². The molecule has 0 saturated carbocycles. The zero-order chi connectivity index (χ0) is 24.1. The van der Waals surface area contributed by atoms with E-state index in [2.05, 4.69) is 15.5 Å². The Morgan fingerprint density at radius 3 is 2.47 bits per heavy atom. The number of pyridine rings is 1. The van der Waals surface area contributed by atoms with Crippen LogP contribution < -0.4 is 21.3 Å². The summed E-state index contributed by atoms with van der Waals surface area (Å²) in [7, 11) is 1.96. The normalized spacial score (nSPS) is 12.4. The molecule has 4 rings (SSSR count). The van der Waals surface area contributed by atoms with Crippen LogP contribution in [0, 0.1) is 0 Å². The lowest BCUT2D eigenvalue weighted by Gasteiger charge is -2.23. The molecule has 2 aromatic carbocycles. The van der Waals surface area contributed by atoms with Crippen molar-refractivity contribution in [3.63, 3.8) is 0 Å². The van der Waals surface area contributed by atoms with E-state index in [0.29, 0.717) is 29.6 Å². The Labute approximate surface area is 199 Å². The van der Waals surface area contributed by atoms with Crippen molar-refractivity contribution in [1.29, 1.82) is 0 Å². The highest BCUT2D eigenvalue weighted by molar-refractivity contribution is 6.32. The smallest absolute Gasteiger partial charge is 0.240 e. The van der Waals surface area contributed by atoms with Crippen molar-refractivity contribution in [2.75, 3.05) is 6.61 Å². The average Bonchev–Trinajstić information content (AvgIpc) is 3.23. The molecule has 2 heterocycles. The summed E-state index contributed by atoms with van der Waals surface area (Å²) in [6.45, 7) is 3.90. The van der Waals surface area contributed by atoms with E-state index >= 15 is 0 Å². The summed E-state index contributed by atoms with van der Waals surface area (Å²) in [6.07, 6.45) is 1.91. The lowest BCUT2D eigenvalue weighted by atomic mass is 9.98. The third-order valence-corrected chi connectivity index (χ3v) is 5.20. The van der Waals surface area contributed by atoms with Crippen LogP contribution in [0.4, 0.5) is 0 Å². The summed E-state index contributed by atoms with van der Waals surface area (Å²) >= 11 is 0. The van der Waals surface area contributed by atoms with Crippen molar-refractivity contribution in [2.24, 2.45) is 5.73 Å². The number of ether oxygens (including phenoxy) is 2. The molecular formula is C25H28BN5O3. The van der Waals surface area contributed by atoms with Gasteiger partial charge in [0.25, 0.3) is 0 Å². The lowest BCUT2D eigenvalue weighted by molar-refractivity contribution is -0.126. The van der Waals surface area contributed by atoms with E-state index in [4.69, 9.17) is 15.2 Å². The van der Waals surface area contributed by atoms with E-state index in [1.165, 1.54) is 0 Å². The molecule has 3 N–H and O–H groups in total. The first-order valence-corrected chi connectivity index (χ1v) is 11.1. The number of aromatic nitrogens is 3. The zero-order valence-electron chi connectivity index (χ0n) is 19.6. The molecule has 34 heavy (non-hydrogen) atoms. The molecule has 0 aliphatic carbocycles. The molecule has 1 atom stereocenters. The maximum Gasteiger partial charge on any atom is 0.240 e. The van der Waals surface area contributed by atoms with Crippen LogP contribution in [0.15, 0.2) is 72.9 Å². The molecule has 0 unspecified atom stereocenters. The Balaban J connectivity index is 1.64. The first kappa shape index (κ1) is 23.5. The Morgan fingerprint density at radius 2 is 1.79 bits per heavy atom. The first-order chi connectivity index (χ1) is 16.3. The molecular weight excluding hydrogens is 429 g/mol.